The molecule has 2 heterocycles. The molecule has 2 aliphatic heterocycles. The third-order valence-electron chi connectivity index (χ3n) is 7.21. The van der Waals surface area contributed by atoms with Crippen LogP contribution in [0.15, 0.2) is 72.8 Å². The molecule has 2 fully saturated rings. The zero-order chi connectivity index (χ0) is 26.3. The predicted molar refractivity (Wildman–Crippen MR) is 153 cm³/mol. The van der Waals surface area contributed by atoms with Crippen molar-refractivity contribution in [1.29, 1.82) is 0 Å². The fourth-order valence-corrected chi connectivity index (χ4v) is 5.22. The summed E-state index contributed by atoms with van der Waals surface area (Å²) in [6.07, 6.45) is 3.20. The molecule has 0 aliphatic carbocycles. The second kappa shape index (κ2) is 11.9. The summed E-state index contributed by atoms with van der Waals surface area (Å²) in [6, 6.07) is 22.7. The van der Waals surface area contributed by atoms with Gasteiger partial charge in [-0.15, -0.1) is 0 Å². The first-order valence-electron chi connectivity index (χ1n) is 13.3. The Morgan fingerprint density at radius 2 is 1.32 bits per heavy atom. The second-order valence-corrected chi connectivity index (χ2v) is 9.68. The lowest BCUT2D eigenvalue weighted by atomic mass is 10.1. The number of ether oxygens (including phenoxy) is 1. The minimum atomic E-state index is -0.342. The van der Waals surface area contributed by atoms with Crippen molar-refractivity contribution in [3.8, 4) is 5.75 Å². The van der Waals surface area contributed by atoms with E-state index in [1.54, 1.807) is 7.11 Å². The summed E-state index contributed by atoms with van der Waals surface area (Å²) in [6.45, 7) is 4.73. The monoisotopic (exact) mass is 513 g/mol. The highest BCUT2D eigenvalue weighted by Gasteiger charge is 2.26. The van der Waals surface area contributed by atoms with E-state index >= 15 is 0 Å². The number of urea groups is 1. The van der Waals surface area contributed by atoms with Crippen LogP contribution in [0.25, 0.3) is 0 Å². The van der Waals surface area contributed by atoms with Crippen LogP contribution in [-0.4, -0.2) is 63.2 Å². The van der Waals surface area contributed by atoms with E-state index in [9.17, 15) is 9.59 Å². The van der Waals surface area contributed by atoms with Crippen molar-refractivity contribution in [2.24, 2.45) is 0 Å². The zero-order valence-electron chi connectivity index (χ0n) is 21.9. The molecule has 8 heteroatoms. The summed E-state index contributed by atoms with van der Waals surface area (Å²) in [4.78, 5) is 32.9. The highest BCUT2D eigenvalue weighted by atomic mass is 16.5. The Labute approximate surface area is 224 Å². The van der Waals surface area contributed by atoms with Gasteiger partial charge in [0.1, 0.15) is 5.75 Å². The SMILES string of the molecule is COc1ccccc1N1CCN(c2ccc(NC(=O)Nc3ccccc3)cc2C(=O)N2CCCCC2)CC1. The van der Waals surface area contributed by atoms with Crippen molar-refractivity contribution < 1.29 is 14.3 Å². The lowest BCUT2D eigenvalue weighted by Gasteiger charge is -2.39. The lowest BCUT2D eigenvalue weighted by Crippen LogP contribution is -2.47. The van der Waals surface area contributed by atoms with Gasteiger partial charge in [-0.05, 0) is 61.7 Å². The molecule has 2 saturated heterocycles. The standard InChI is InChI=1S/C30H35N5O3/c1-38-28-13-7-6-12-27(28)34-20-18-33(19-21-34)26-15-14-24(32-30(37)31-23-10-4-2-5-11-23)22-25(26)29(36)35-16-8-3-9-17-35/h2,4-7,10-15,22H,3,8-9,16-21H2,1H3,(H2,31,32,37). The summed E-state index contributed by atoms with van der Waals surface area (Å²) in [5.74, 6) is 0.894. The number of amides is 3. The van der Waals surface area contributed by atoms with E-state index in [1.165, 1.54) is 0 Å². The van der Waals surface area contributed by atoms with Gasteiger partial charge in [-0.3, -0.25) is 4.79 Å². The normalized spacial score (nSPS) is 15.7. The maximum absolute atomic E-state index is 13.7. The molecule has 0 saturated carbocycles. The molecule has 38 heavy (non-hydrogen) atoms. The fraction of sp³-hybridized carbons (Fsp3) is 0.333. The highest BCUT2D eigenvalue weighted by Crippen LogP contribution is 2.32. The molecular weight excluding hydrogens is 478 g/mol. The fourth-order valence-electron chi connectivity index (χ4n) is 5.22. The van der Waals surface area contributed by atoms with Crippen LogP contribution < -0.4 is 25.2 Å². The molecule has 0 atom stereocenters. The molecule has 3 aromatic rings. The minimum Gasteiger partial charge on any atom is -0.495 e. The topological polar surface area (TPSA) is 77.1 Å². The van der Waals surface area contributed by atoms with E-state index < -0.39 is 0 Å². The summed E-state index contributed by atoms with van der Waals surface area (Å²) in [5.41, 5.74) is 3.93. The van der Waals surface area contributed by atoms with Gasteiger partial charge in [0.2, 0.25) is 0 Å². The largest absolute Gasteiger partial charge is 0.495 e. The van der Waals surface area contributed by atoms with Crippen molar-refractivity contribution >= 4 is 34.7 Å². The van der Waals surface area contributed by atoms with Crippen LogP contribution in [0.5, 0.6) is 5.75 Å². The maximum Gasteiger partial charge on any atom is 0.323 e. The van der Waals surface area contributed by atoms with Gasteiger partial charge in [0.05, 0.1) is 18.4 Å². The van der Waals surface area contributed by atoms with Crippen LogP contribution in [-0.2, 0) is 0 Å². The van der Waals surface area contributed by atoms with E-state index in [4.69, 9.17) is 4.74 Å². The Balaban J connectivity index is 1.35. The van der Waals surface area contributed by atoms with Gasteiger partial charge in [0, 0.05) is 56.3 Å². The van der Waals surface area contributed by atoms with Gasteiger partial charge in [0.15, 0.2) is 0 Å². The quantitative estimate of drug-likeness (QED) is 0.468. The van der Waals surface area contributed by atoms with Gasteiger partial charge in [-0.1, -0.05) is 30.3 Å². The third kappa shape index (κ3) is 5.85. The molecule has 3 amide bonds. The molecule has 198 valence electrons. The molecule has 0 spiro atoms. The van der Waals surface area contributed by atoms with Crippen molar-refractivity contribution in [3.63, 3.8) is 0 Å². The van der Waals surface area contributed by atoms with Gasteiger partial charge in [0.25, 0.3) is 5.91 Å². The van der Waals surface area contributed by atoms with Crippen LogP contribution in [0.1, 0.15) is 29.6 Å². The number of carbonyl (C=O) groups is 2. The summed E-state index contributed by atoms with van der Waals surface area (Å²) in [7, 11) is 1.70. The molecule has 5 rings (SSSR count). The number of piperidine rings is 1. The number of piperazine rings is 1. The number of hydrogen-bond acceptors (Lipinski definition) is 5. The summed E-state index contributed by atoms with van der Waals surface area (Å²) in [5, 5.41) is 5.74. The number of benzene rings is 3. The number of para-hydroxylation sites is 3. The average Bonchev–Trinajstić information content (AvgIpc) is 2.98. The Morgan fingerprint density at radius 3 is 2.03 bits per heavy atom. The van der Waals surface area contributed by atoms with E-state index in [0.717, 1.165) is 75.7 Å². The van der Waals surface area contributed by atoms with Gasteiger partial charge < -0.3 is 30.1 Å². The number of rotatable bonds is 6. The number of methoxy groups -OCH3 is 1. The predicted octanol–water partition coefficient (Wildman–Crippen LogP) is 5.29. The Morgan fingerprint density at radius 1 is 0.684 bits per heavy atom. The highest BCUT2D eigenvalue weighted by molar-refractivity contribution is 6.04. The number of carbonyl (C=O) groups excluding carboxylic acids is 2. The zero-order valence-corrected chi connectivity index (χ0v) is 21.9. The molecule has 2 aliphatic rings. The number of nitrogens with zero attached hydrogens (tertiary/aromatic N) is 3. The average molecular weight is 514 g/mol. The summed E-state index contributed by atoms with van der Waals surface area (Å²) >= 11 is 0. The van der Waals surface area contributed by atoms with Gasteiger partial charge in [-0.25, -0.2) is 4.79 Å². The first-order chi connectivity index (χ1) is 18.6. The molecule has 0 bridgehead atoms. The van der Waals surface area contributed by atoms with E-state index in [0.29, 0.717) is 16.9 Å². The van der Waals surface area contributed by atoms with Crippen LogP contribution in [0, 0.1) is 0 Å². The second-order valence-electron chi connectivity index (χ2n) is 9.68. The van der Waals surface area contributed by atoms with Gasteiger partial charge in [-0.2, -0.15) is 0 Å². The van der Waals surface area contributed by atoms with E-state index in [-0.39, 0.29) is 11.9 Å². The molecule has 0 aromatic heterocycles. The van der Waals surface area contributed by atoms with Crippen LogP contribution in [0.4, 0.5) is 27.5 Å². The van der Waals surface area contributed by atoms with Crippen molar-refractivity contribution in [2.75, 3.05) is 66.8 Å². The Kier molecular flexibility index (Phi) is 7.97. The Bertz CT molecular complexity index is 1250. The van der Waals surface area contributed by atoms with Crippen LogP contribution in [0.3, 0.4) is 0 Å². The van der Waals surface area contributed by atoms with Crippen molar-refractivity contribution in [2.45, 2.75) is 19.3 Å². The number of likely N-dealkylation sites (tertiary alicyclic amines) is 1. The minimum absolute atomic E-state index is 0.0268. The van der Waals surface area contributed by atoms with Crippen molar-refractivity contribution in [3.05, 3.63) is 78.4 Å². The number of hydrogen-bond donors (Lipinski definition) is 2. The lowest BCUT2D eigenvalue weighted by molar-refractivity contribution is 0.0725. The first kappa shape index (κ1) is 25.4. The smallest absolute Gasteiger partial charge is 0.323 e. The Hall–Kier alpha value is -4.20. The van der Waals surface area contributed by atoms with Crippen LogP contribution in [0.2, 0.25) is 0 Å². The van der Waals surface area contributed by atoms with E-state index in [1.807, 2.05) is 71.6 Å². The summed E-state index contributed by atoms with van der Waals surface area (Å²) < 4.78 is 5.56. The maximum atomic E-state index is 13.7. The molecule has 0 unspecified atom stereocenters. The van der Waals surface area contributed by atoms with E-state index in [2.05, 4.69) is 26.5 Å². The van der Waals surface area contributed by atoms with Crippen LogP contribution >= 0.6 is 0 Å². The molecular formula is C30H35N5O3. The third-order valence-corrected chi connectivity index (χ3v) is 7.21. The number of anilines is 4. The van der Waals surface area contributed by atoms with Gasteiger partial charge >= 0.3 is 6.03 Å². The molecule has 0 radical (unpaired) electrons. The first-order valence-corrected chi connectivity index (χ1v) is 13.3. The molecule has 2 N–H and O–H groups in total. The molecule has 3 aromatic carbocycles. The molecule has 8 nitrogen and oxygen atoms in total. The van der Waals surface area contributed by atoms with Crippen molar-refractivity contribution in [1.82, 2.24) is 4.90 Å². The number of nitrogens with one attached hydrogen (secondary N) is 2.